The van der Waals surface area contributed by atoms with E-state index in [1.807, 2.05) is 0 Å². The van der Waals surface area contributed by atoms with E-state index in [2.05, 4.69) is 5.32 Å². The predicted molar refractivity (Wildman–Crippen MR) is 49.7 cm³/mol. The lowest BCUT2D eigenvalue weighted by Crippen LogP contribution is -2.30. The van der Waals surface area contributed by atoms with E-state index in [-0.39, 0.29) is 6.54 Å². The lowest BCUT2D eigenvalue weighted by atomic mass is 10.3. The van der Waals surface area contributed by atoms with Crippen LogP contribution in [-0.4, -0.2) is 46.7 Å². The van der Waals surface area contributed by atoms with Gasteiger partial charge in [0.25, 0.3) is 0 Å². The van der Waals surface area contributed by atoms with Crippen LogP contribution < -0.4 is 5.32 Å². The Morgan fingerprint density at radius 2 is 2.15 bits per heavy atom. The maximum atomic E-state index is 10.5. The molecule has 0 aliphatic carbocycles. The molecule has 0 radical (unpaired) electrons. The van der Waals surface area contributed by atoms with E-state index in [1.165, 1.54) is 11.8 Å². The van der Waals surface area contributed by atoms with Gasteiger partial charge in [0.05, 0.1) is 0 Å². The normalized spacial score (nSPS) is 12.2. The third-order valence-corrected chi connectivity index (χ3v) is 2.44. The standard InChI is InChI=1S/C7H13NO4S/c1-13-5(7(11)12)2-3-8-6(10)4-9/h5,9H,2-4H2,1H3,(H,8,10)(H,11,12). The first-order chi connectivity index (χ1) is 6.11. The molecule has 0 saturated carbocycles. The molecule has 0 aromatic carbocycles. The number of aliphatic hydroxyl groups excluding tert-OH is 1. The number of carboxylic acid groups (broad SMARTS) is 1. The number of hydrogen-bond donors (Lipinski definition) is 3. The fourth-order valence-corrected chi connectivity index (χ4v) is 1.30. The zero-order chi connectivity index (χ0) is 10.3. The number of carboxylic acids is 1. The Kier molecular flexibility index (Phi) is 6.34. The van der Waals surface area contributed by atoms with Crippen LogP contribution in [0.3, 0.4) is 0 Å². The van der Waals surface area contributed by atoms with Crippen molar-refractivity contribution in [2.45, 2.75) is 11.7 Å². The molecule has 0 fully saturated rings. The average Bonchev–Trinajstić information content (AvgIpc) is 2.11. The van der Waals surface area contributed by atoms with E-state index in [1.54, 1.807) is 6.26 Å². The molecule has 1 unspecified atom stereocenters. The summed E-state index contributed by atoms with van der Waals surface area (Å²) in [6.07, 6.45) is 2.06. The lowest BCUT2D eigenvalue weighted by Gasteiger charge is -2.08. The monoisotopic (exact) mass is 207 g/mol. The summed E-state index contributed by atoms with van der Waals surface area (Å²) in [5.41, 5.74) is 0. The molecule has 13 heavy (non-hydrogen) atoms. The quantitative estimate of drug-likeness (QED) is 0.536. The van der Waals surface area contributed by atoms with Crippen LogP contribution in [0.4, 0.5) is 0 Å². The fourth-order valence-electron chi connectivity index (χ4n) is 0.741. The molecule has 5 nitrogen and oxygen atoms in total. The van der Waals surface area contributed by atoms with E-state index >= 15 is 0 Å². The molecular weight excluding hydrogens is 194 g/mol. The number of aliphatic carboxylic acids is 1. The molecule has 0 aliphatic rings. The van der Waals surface area contributed by atoms with Gasteiger partial charge < -0.3 is 15.5 Å². The molecule has 0 heterocycles. The van der Waals surface area contributed by atoms with Gasteiger partial charge in [-0.05, 0) is 12.7 Å². The summed E-state index contributed by atoms with van der Waals surface area (Å²) in [5, 5.41) is 18.8. The van der Waals surface area contributed by atoms with Gasteiger partial charge in [-0.2, -0.15) is 11.8 Å². The van der Waals surface area contributed by atoms with Crippen molar-refractivity contribution in [1.29, 1.82) is 0 Å². The lowest BCUT2D eigenvalue weighted by molar-refractivity contribution is -0.136. The highest BCUT2D eigenvalue weighted by atomic mass is 32.2. The fraction of sp³-hybridized carbons (Fsp3) is 0.714. The molecule has 76 valence electrons. The number of amides is 1. The summed E-state index contributed by atoms with van der Waals surface area (Å²) in [6, 6.07) is 0. The summed E-state index contributed by atoms with van der Waals surface area (Å²) < 4.78 is 0. The van der Waals surface area contributed by atoms with Gasteiger partial charge in [-0.15, -0.1) is 0 Å². The van der Waals surface area contributed by atoms with Crippen LogP contribution in [0.2, 0.25) is 0 Å². The van der Waals surface area contributed by atoms with Crippen molar-refractivity contribution in [3.63, 3.8) is 0 Å². The van der Waals surface area contributed by atoms with Gasteiger partial charge >= 0.3 is 5.97 Å². The van der Waals surface area contributed by atoms with Crippen molar-refractivity contribution in [2.75, 3.05) is 19.4 Å². The first-order valence-corrected chi connectivity index (χ1v) is 5.03. The van der Waals surface area contributed by atoms with Crippen molar-refractivity contribution >= 4 is 23.6 Å². The minimum Gasteiger partial charge on any atom is -0.480 e. The molecule has 0 saturated heterocycles. The van der Waals surface area contributed by atoms with E-state index in [4.69, 9.17) is 10.2 Å². The Morgan fingerprint density at radius 1 is 1.54 bits per heavy atom. The van der Waals surface area contributed by atoms with Crippen LogP contribution in [0.15, 0.2) is 0 Å². The third-order valence-electron chi connectivity index (χ3n) is 1.43. The minimum atomic E-state index is -0.884. The van der Waals surface area contributed by atoms with Gasteiger partial charge in [0, 0.05) is 6.54 Å². The summed E-state index contributed by atoms with van der Waals surface area (Å²) >= 11 is 1.22. The first kappa shape index (κ1) is 12.2. The van der Waals surface area contributed by atoms with E-state index in [0.29, 0.717) is 6.42 Å². The highest BCUT2D eigenvalue weighted by molar-refractivity contribution is 7.99. The van der Waals surface area contributed by atoms with Crippen LogP contribution in [0.5, 0.6) is 0 Å². The molecule has 0 spiro atoms. The molecule has 1 amide bonds. The number of nitrogens with one attached hydrogen (secondary N) is 1. The van der Waals surface area contributed by atoms with Crippen LogP contribution >= 0.6 is 11.8 Å². The van der Waals surface area contributed by atoms with E-state index in [0.717, 1.165) is 0 Å². The third kappa shape index (κ3) is 5.48. The average molecular weight is 207 g/mol. The Bertz CT molecular complexity index is 185. The van der Waals surface area contributed by atoms with E-state index < -0.39 is 23.7 Å². The zero-order valence-corrected chi connectivity index (χ0v) is 8.13. The second-order valence-corrected chi connectivity index (χ2v) is 3.40. The minimum absolute atomic E-state index is 0.275. The smallest absolute Gasteiger partial charge is 0.316 e. The number of rotatable bonds is 6. The number of hydrogen-bond acceptors (Lipinski definition) is 4. The van der Waals surface area contributed by atoms with Crippen molar-refractivity contribution in [3.05, 3.63) is 0 Å². The van der Waals surface area contributed by atoms with Crippen molar-refractivity contribution in [3.8, 4) is 0 Å². The van der Waals surface area contributed by atoms with Crippen LogP contribution in [0.1, 0.15) is 6.42 Å². The first-order valence-electron chi connectivity index (χ1n) is 3.75. The molecule has 0 aromatic rings. The molecular formula is C7H13NO4S. The zero-order valence-electron chi connectivity index (χ0n) is 7.32. The molecule has 0 aliphatic heterocycles. The summed E-state index contributed by atoms with van der Waals surface area (Å²) in [6.45, 7) is -0.284. The summed E-state index contributed by atoms with van der Waals surface area (Å²) in [4.78, 5) is 21.0. The van der Waals surface area contributed by atoms with Gasteiger partial charge in [0.15, 0.2) is 0 Å². The summed E-state index contributed by atoms with van der Waals surface area (Å²) in [7, 11) is 0. The second kappa shape index (κ2) is 6.73. The molecule has 0 rings (SSSR count). The number of carbonyl (C=O) groups excluding carboxylic acids is 1. The Labute approximate surface area is 80.5 Å². The van der Waals surface area contributed by atoms with Crippen molar-refractivity contribution < 1.29 is 19.8 Å². The SMILES string of the molecule is CSC(CCNC(=O)CO)C(=O)O. The molecule has 3 N–H and O–H groups in total. The number of carbonyl (C=O) groups is 2. The van der Waals surface area contributed by atoms with Gasteiger partial charge in [0.1, 0.15) is 11.9 Å². The van der Waals surface area contributed by atoms with Crippen LogP contribution in [0.25, 0.3) is 0 Å². The molecule has 6 heteroatoms. The maximum Gasteiger partial charge on any atom is 0.316 e. The highest BCUT2D eigenvalue weighted by Crippen LogP contribution is 2.09. The number of aliphatic hydroxyl groups is 1. The van der Waals surface area contributed by atoms with Crippen LogP contribution in [-0.2, 0) is 9.59 Å². The summed E-state index contributed by atoms with van der Waals surface area (Å²) in [5.74, 6) is -1.36. The highest BCUT2D eigenvalue weighted by Gasteiger charge is 2.15. The van der Waals surface area contributed by atoms with Gasteiger partial charge in [0.2, 0.25) is 5.91 Å². The van der Waals surface area contributed by atoms with Gasteiger partial charge in [-0.1, -0.05) is 0 Å². The van der Waals surface area contributed by atoms with Crippen molar-refractivity contribution in [1.82, 2.24) is 5.32 Å². The second-order valence-electron chi connectivity index (χ2n) is 2.36. The molecule has 0 aromatic heterocycles. The van der Waals surface area contributed by atoms with Gasteiger partial charge in [-0.25, -0.2) is 0 Å². The Balaban J connectivity index is 3.61. The van der Waals surface area contributed by atoms with Crippen LogP contribution in [0, 0.1) is 0 Å². The van der Waals surface area contributed by atoms with Crippen molar-refractivity contribution in [2.24, 2.45) is 0 Å². The number of thioether (sulfide) groups is 1. The predicted octanol–water partition coefficient (Wildman–Crippen LogP) is -0.699. The van der Waals surface area contributed by atoms with Gasteiger partial charge in [-0.3, -0.25) is 9.59 Å². The van der Waals surface area contributed by atoms with E-state index in [9.17, 15) is 9.59 Å². The molecule has 0 bridgehead atoms. The molecule has 1 atom stereocenters. The topological polar surface area (TPSA) is 86.6 Å². The maximum absolute atomic E-state index is 10.5. The Morgan fingerprint density at radius 3 is 2.54 bits per heavy atom. The Hall–Kier alpha value is -0.750. The largest absolute Gasteiger partial charge is 0.480 e.